The minimum Gasteiger partial charge on any atom is -0.388 e. The van der Waals surface area contributed by atoms with Crippen LogP contribution in [0.15, 0.2) is 29.2 Å². The molecule has 1 aliphatic rings. The Morgan fingerprint density at radius 3 is 2.75 bits per heavy atom. The molecular formula is C11H13FO3S. The summed E-state index contributed by atoms with van der Waals surface area (Å²) >= 11 is 1.28. The maximum Gasteiger partial charge on any atom is 0.136 e. The molecule has 1 aromatic carbocycles. The number of hydrogen-bond donors (Lipinski definition) is 2. The molecule has 1 aliphatic heterocycles. The van der Waals surface area contributed by atoms with E-state index in [2.05, 4.69) is 0 Å². The smallest absolute Gasteiger partial charge is 0.136 e. The van der Waals surface area contributed by atoms with E-state index in [4.69, 9.17) is 4.74 Å². The van der Waals surface area contributed by atoms with Crippen LogP contribution < -0.4 is 0 Å². The van der Waals surface area contributed by atoms with Crippen molar-refractivity contribution in [1.82, 2.24) is 0 Å². The fraction of sp³-hybridized carbons (Fsp3) is 0.455. The van der Waals surface area contributed by atoms with Crippen molar-refractivity contribution in [1.29, 1.82) is 0 Å². The van der Waals surface area contributed by atoms with Crippen molar-refractivity contribution in [2.45, 2.75) is 23.2 Å². The maximum absolute atomic E-state index is 13.3. The molecule has 1 saturated heterocycles. The zero-order valence-electron chi connectivity index (χ0n) is 8.54. The number of thioether (sulfide) groups is 1. The molecule has 0 aliphatic carbocycles. The second-order valence-corrected chi connectivity index (χ2v) is 4.73. The predicted octanol–water partition coefficient (Wildman–Crippen LogP) is 1.04. The fourth-order valence-corrected chi connectivity index (χ4v) is 2.57. The van der Waals surface area contributed by atoms with Gasteiger partial charge in [-0.2, -0.15) is 0 Å². The molecule has 88 valence electrons. The summed E-state index contributed by atoms with van der Waals surface area (Å²) in [6.07, 6.45) is -2.13. The quantitative estimate of drug-likeness (QED) is 0.780. The average molecular weight is 244 g/mol. The lowest BCUT2D eigenvalue weighted by Gasteiger charge is -2.14. The van der Waals surface area contributed by atoms with Crippen molar-refractivity contribution in [2.75, 3.05) is 12.4 Å². The van der Waals surface area contributed by atoms with Crippen LogP contribution in [0.2, 0.25) is 0 Å². The molecule has 0 bridgehead atoms. The van der Waals surface area contributed by atoms with Crippen molar-refractivity contribution >= 4 is 11.8 Å². The Labute approximate surface area is 97.2 Å². The van der Waals surface area contributed by atoms with Crippen LogP contribution in [0.3, 0.4) is 0 Å². The minimum absolute atomic E-state index is 0.143. The Morgan fingerprint density at radius 2 is 2.12 bits per heavy atom. The molecule has 0 saturated carbocycles. The summed E-state index contributed by atoms with van der Waals surface area (Å²) < 4.78 is 18.5. The van der Waals surface area contributed by atoms with E-state index in [0.29, 0.717) is 10.6 Å². The lowest BCUT2D eigenvalue weighted by molar-refractivity contribution is 0.0337. The monoisotopic (exact) mass is 244 g/mol. The zero-order chi connectivity index (χ0) is 11.5. The van der Waals surface area contributed by atoms with Gasteiger partial charge >= 0.3 is 0 Å². The number of halogens is 1. The third-order valence-corrected chi connectivity index (χ3v) is 3.63. The third-order valence-electron chi connectivity index (χ3n) is 2.50. The molecule has 0 spiro atoms. The van der Waals surface area contributed by atoms with Gasteiger partial charge in [-0.15, -0.1) is 11.8 Å². The lowest BCUT2D eigenvalue weighted by atomic mass is 10.2. The third kappa shape index (κ3) is 2.55. The average Bonchev–Trinajstić information content (AvgIpc) is 2.59. The SMILES string of the molecule is OC1COC(CSc2ccccc2F)C1O. The maximum atomic E-state index is 13.3. The van der Waals surface area contributed by atoms with Gasteiger partial charge in [0, 0.05) is 10.6 Å². The second kappa shape index (κ2) is 5.14. The van der Waals surface area contributed by atoms with Crippen molar-refractivity contribution in [3.8, 4) is 0 Å². The van der Waals surface area contributed by atoms with E-state index in [1.807, 2.05) is 0 Å². The fourth-order valence-electron chi connectivity index (χ4n) is 1.55. The molecule has 1 aromatic rings. The summed E-state index contributed by atoms with van der Waals surface area (Å²) in [7, 11) is 0. The summed E-state index contributed by atoms with van der Waals surface area (Å²) in [5.41, 5.74) is 0. The first-order valence-electron chi connectivity index (χ1n) is 5.03. The molecule has 1 heterocycles. The van der Waals surface area contributed by atoms with E-state index < -0.39 is 18.3 Å². The first-order chi connectivity index (χ1) is 7.68. The Balaban J connectivity index is 1.91. The van der Waals surface area contributed by atoms with Gasteiger partial charge in [0.25, 0.3) is 0 Å². The van der Waals surface area contributed by atoms with E-state index in [0.717, 1.165) is 0 Å². The van der Waals surface area contributed by atoms with Crippen LogP contribution in [0, 0.1) is 5.82 Å². The number of benzene rings is 1. The van der Waals surface area contributed by atoms with Crippen LogP contribution >= 0.6 is 11.8 Å². The molecule has 3 unspecified atom stereocenters. The Hall–Kier alpha value is -0.620. The summed E-state index contributed by atoms with van der Waals surface area (Å²) in [6, 6.07) is 6.46. The number of aliphatic hydroxyl groups excluding tert-OH is 2. The van der Waals surface area contributed by atoms with E-state index in [1.54, 1.807) is 18.2 Å². The normalized spacial score (nSPS) is 29.6. The largest absolute Gasteiger partial charge is 0.388 e. The van der Waals surface area contributed by atoms with Gasteiger partial charge in [-0.1, -0.05) is 12.1 Å². The summed E-state index contributed by atoms with van der Waals surface area (Å²) in [6.45, 7) is 0.143. The molecule has 0 radical (unpaired) electrons. The molecule has 3 nitrogen and oxygen atoms in total. The van der Waals surface area contributed by atoms with E-state index in [-0.39, 0.29) is 12.4 Å². The first kappa shape index (κ1) is 11.9. The number of aliphatic hydroxyl groups is 2. The van der Waals surface area contributed by atoms with Crippen molar-refractivity contribution in [3.05, 3.63) is 30.1 Å². The highest BCUT2D eigenvalue weighted by Crippen LogP contribution is 2.26. The number of ether oxygens (including phenoxy) is 1. The molecule has 16 heavy (non-hydrogen) atoms. The topological polar surface area (TPSA) is 49.7 Å². The van der Waals surface area contributed by atoms with Gasteiger partial charge in [-0.05, 0) is 12.1 Å². The second-order valence-electron chi connectivity index (χ2n) is 3.67. The Morgan fingerprint density at radius 1 is 1.38 bits per heavy atom. The van der Waals surface area contributed by atoms with Gasteiger partial charge in [-0.25, -0.2) is 4.39 Å². The van der Waals surface area contributed by atoms with Crippen LogP contribution in [0.25, 0.3) is 0 Å². The highest BCUT2D eigenvalue weighted by atomic mass is 32.2. The zero-order valence-corrected chi connectivity index (χ0v) is 9.36. The number of hydrogen-bond acceptors (Lipinski definition) is 4. The van der Waals surface area contributed by atoms with Gasteiger partial charge in [0.15, 0.2) is 0 Å². The summed E-state index contributed by atoms with van der Waals surface area (Å²) in [4.78, 5) is 0.527. The molecule has 2 N–H and O–H groups in total. The van der Waals surface area contributed by atoms with Gasteiger partial charge in [0.2, 0.25) is 0 Å². The minimum atomic E-state index is -0.876. The van der Waals surface area contributed by atoms with Gasteiger partial charge < -0.3 is 14.9 Å². The van der Waals surface area contributed by atoms with Crippen molar-refractivity contribution in [2.24, 2.45) is 0 Å². The molecule has 5 heteroatoms. The van der Waals surface area contributed by atoms with Crippen LogP contribution in [-0.4, -0.2) is 40.9 Å². The van der Waals surface area contributed by atoms with Gasteiger partial charge in [-0.3, -0.25) is 0 Å². The highest BCUT2D eigenvalue weighted by Gasteiger charge is 2.34. The standard InChI is InChI=1S/C11H13FO3S/c12-7-3-1-2-4-10(7)16-6-9-11(14)8(13)5-15-9/h1-4,8-9,11,13-14H,5-6H2. The van der Waals surface area contributed by atoms with Gasteiger partial charge in [0.1, 0.15) is 18.0 Å². The molecule has 1 fully saturated rings. The Bertz CT molecular complexity index is 361. The first-order valence-corrected chi connectivity index (χ1v) is 6.02. The Kier molecular flexibility index (Phi) is 3.81. The number of rotatable bonds is 3. The molecule has 2 rings (SSSR count). The highest BCUT2D eigenvalue weighted by molar-refractivity contribution is 7.99. The lowest BCUT2D eigenvalue weighted by Crippen LogP contribution is -2.31. The molecule has 0 amide bonds. The van der Waals surface area contributed by atoms with Crippen molar-refractivity contribution in [3.63, 3.8) is 0 Å². The summed E-state index contributed by atoms with van der Waals surface area (Å²) in [5.74, 6) is 0.152. The molecule has 3 atom stereocenters. The molecular weight excluding hydrogens is 231 g/mol. The molecule has 0 aromatic heterocycles. The van der Waals surface area contributed by atoms with Crippen LogP contribution in [0.4, 0.5) is 4.39 Å². The van der Waals surface area contributed by atoms with Gasteiger partial charge in [0.05, 0.1) is 12.7 Å². The van der Waals surface area contributed by atoms with Crippen LogP contribution in [0.5, 0.6) is 0 Å². The van der Waals surface area contributed by atoms with E-state index in [9.17, 15) is 14.6 Å². The van der Waals surface area contributed by atoms with Crippen LogP contribution in [0.1, 0.15) is 0 Å². The van der Waals surface area contributed by atoms with Crippen LogP contribution in [-0.2, 0) is 4.74 Å². The summed E-state index contributed by atoms with van der Waals surface area (Å²) in [5, 5.41) is 18.8. The predicted molar refractivity (Wildman–Crippen MR) is 58.9 cm³/mol. The van der Waals surface area contributed by atoms with Crippen molar-refractivity contribution < 1.29 is 19.3 Å². The van der Waals surface area contributed by atoms with E-state index >= 15 is 0 Å². The van der Waals surface area contributed by atoms with E-state index in [1.165, 1.54) is 17.8 Å².